The van der Waals surface area contributed by atoms with Gasteiger partial charge in [0.25, 0.3) is 0 Å². The minimum Gasteiger partial charge on any atom is -0.505 e. The zero-order chi connectivity index (χ0) is 39.5. The number of benzene rings is 1. The lowest BCUT2D eigenvalue weighted by atomic mass is 9.84. The van der Waals surface area contributed by atoms with Crippen LogP contribution in [0.5, 0.6) is 5.75 Å². The number of aromatic hydroxyl groups is 1. The van der Waals surface area contributed by atoms with E-state index in [2.05, 4.69) is 39.6 Å². The van der Waals surface area contributed by atoms with Crippen LogP contribution in [0.4, 0.5) is 4.39 Å². The molecule has 0 bridgehead atoms. The molecule has 1 heterocycles. The summed E-state index contributed by atoms with van der Waals surface area (Å²) < 4.78 is 13.9. The highest BCUT2D eigenvalue weighted by molar-refractivity contribution is 6.30. The van der Waals surface area contributed by atoms with Gasteiger partial charge in [0, 0.05) is 36.0 Å². The monoisotopic (exact) mass is 721 g/mol. The van der Waals surface area contributed by atoms with E-state index in [4.69, 9.17) is 16.7 Å². The molecule has 0 radical (unpaired) electrons. The zero-order valence-electron chi connectivity index (χ0n) is 33.4. The Hall–Kier alpha value is -2.90. The van der Waals surface area contributed by atoms with Crippen molar-refractivity contribution in [1.29, 1.82) is 0 Å². The van der Waals surface area contributed by atoms with E-state index in [9.17, 15) is 23.9 Å². The predicted molar refractivity (Wildman–Crippen MR) is 211 cm³/mol. The smallest absolute Gasteiger partial charge is 0.144 e. The Morgan fingerprint density at radius 3 is 1.70 bits per heavy atom. The Bertz CT molecular complexity index is 1210. The molecule has 0 amide bonds. The second-order valence-corrected chi connectivity index (χ2v) is 14.2. The summed E-state index contributed by atoms with van der Waals surface area (Å²) in [5.74, 6) is 0.400. The second-order valence-electron chi connectivity index (χ2n) is 13.8. The van der Waals surface area contributed by atoms with Crippen molar-refractivity contribution in [3.8, 4) is 17.0 Å². The SMILES string of the molecule is CC.CCC(C)(C)/C=C/c1nc(-c2ccc(Cl)c(F)c2)cc(C(C)(C)C)c1O.CCC(C)C=O.CCCC.CO.O=CC1CCC(C=O)CC1. The van der Waals surface area contributed by atoms with Crippen LogP contribution in [0.25, 0.3) is 17.3 Å². The second kappa shape index (κ2) is 28.8. The van der Waals surface area contributed by atoms with Crippen LogP contribution < -0.4 is 0 Å². The molecule has 0 saturated heterocycles. The molecule has 2 N–H and O–H groups in total. The Morgan fingerprint density at radius 2 is 1.38 bits per heavy atom. The summed E-state index contributed by atoms with van der Waals surface area (Å²) in [5, 5.41) is 17.8. The quantitative estimate of drug-likeness (QED) is 0.250. The molecule has 1 atom stereocenters. The van der Waals surface area contributed by atoms with E-state index in [1.807, 2.05) is 66.7 Å². The Labute approximate surface area is 309 Å². The maximum absolute atomic E-state index is 13.9. The summed E-state index contributed by atoms with van der Waals surface area (Å²) in [6.07, 6.45) is 15.1. The standard InChI is InChI=1S/C22H27ClFNO.C8H12O2.C5H10O.C4H10.C2H6.CH4O/c1-7-22(5,6)11-10-18-20(26)15(21(2,3)4)13-19(25-18)14-8-9-16(23)17(24)12-14;9-5-7-1-2-8(6-10)4-3-7;1-3-5(2)4-6;1-3-4-2;2*1-2/h8-13,26H,7H2,1-6H3;5-8H,1-4H2;4-5H,3H2,1-2H3;3-4H2,1-2H3;1-2H3;2H,1H3/b11-10+;;;;;. The van der Waals surface area contributed by atoms with Crippen molar-refractivity contribution in [1.82, 2.24) is 4.98 Å². The first-order valence-electron chi connectivity index (χ1n) is 18.2. The van der Waals surface area contributed by atoms with Gasteiger partial charge in [-0.05, 0) is 73.6 Å². The third-order valence-corrected chi connectivity index (χ3v) is 8.53. The minimum atomic E-state index is -0.486. The minimum absolute atomic E-state index is 0.00159. The van der Waals surface area contributed by atoms with Crippen LogP contribution >= 0.6 is 11.6 Å². The Kier molecular flexibility index (Phi) is 29.6. The molecule has 6 nitrogen and oxygen atoms in total. The maximum Gasteiger partial charge on any atom is 0.144 e. The number of carbonyl (C=O) groups is 3. The molecule has 8 heteroatoms. The van der Waals surface area contributed by atoms with Crippen molar-refractivity contribution >= 4 is 36.5 Å². The molecule has 0 spiro atoms. The number of unbranched alkanes of at least 4 members (excludes halogenated alkanes) is 1. The maximum atomic E-state index is 13.9. The molecule has 2 aromatic rings. The van der Waals surface area contributed by atoms with Crippen molar-refractivity contribution in [3.63, 3.8) is 0 Å². The van der Waals surface area contributed by atoms with E-state index in [0.717, 1.165) is 70.1 Å². The third kappa shape index (κ3) is 21.3. The molecule has 1 unspecified atom stereocenters. The number of pyridine rings is 1. The number of aromatic nitrogens is 1. The first-order chi connectivity index (χ1) is 23.5. The van der Waals surface area contributed by atoms with Crippen LogP contribution in [0.1, 0.15) is 146 Å². The number of carbonyl (C=O) groups excluding carboxylic acids is 3. The number of halogens is 2. The number of aldehydes is 3. The molecular formula is C42H69ClFNO5. The number of rotatable bonds is 9. The van der Waals surface area contributed by atoms with E-state index in [1.54, 1.807) is 6.07 Å². The van der Waals surface area contributed by atoms with Gasteiger partial charge in [-0.1, -0.05) is 120 Å². The zero-order valence-corrected chi connectivity index (χ0v) is 34.2. The first-order valence-corrected chi connectivity index (χ1v) is 18.6. The summed E-state index contributed by atoms with van der Waals surface area (Å²) in [6.45, 7) is 24.7. The van der Waals surface area contributed by atoms with Crippen molar-refractivity contribution < 1.29 is 29.0 Å². The van der Waals surface area contributed by atoms with Gasteiger partial charge in [0.05, 0.1) is 10.7 Å². The van der Waals surface area contributed by atoms with Crippen molar-refractivity contribution in [2.75, 3.05) is 7.11 Å². The normalized spacial score (nSPS) is 15.8. The fourth-order valence-corrected chi connectivity index (χ4v) is 4.10. The molecule has 1 aromatic heterocycles. The number of hydrogen-bond acceptors (Lipinski definition) is 6. The van der Waals surface area contributed by atoms with Gasteiger partial charge in [-0.15, -0.1) is 0 Å². The highest BCUT2D eigenvalue weighted by Crippen LogP contribution is 2.37. The van der Waals surface area contributed by atoms with Crippen molar-refractivity contribution in [2.24, 2.45) is 23.2 Å². The largest absolute Gasteiger partial charge is 0.505 e. The fourth-order valence-electron chi connectivity index (χ4n) is 3.99. The first kappa shape index (κ1) is 51.5. The lowest BCUT2D eigenvalue weighted by Crippen LogP contribution is -2.15. The topological polar surface area (TPSA) is 105 Å². The Balaban J connectivity index is -0.000000750. The van der Waals surface area contributed by atoms with E-state index in [0.29, 0.717) is 17.0 Å². The van der Waals surface area contributed by atoms with E-state index in [1.165, 1.54) is 25.0 Å². The summed E-state index contributed by atoms with van der Waals surface area (Å²) in [7, 11) is 1.00. The average molecular weight is 722 g/mol. The van der Waals surface area contributed by atoms with Gasteiger partial charge in [-0.3, -0.25) is 0 Å². The van der Waals surface area contributed by atoms with Crippen LogP contribution in [-0.4, -0.2) is 41.2 Å². The van der Waals surface area contributed by atoms with Crippen molar-refractivity contribution in [3.05, 3.63) is 52.4 Å². The van der Waals surface area contributed by atoms with Crippen molar-refractivity contribution in [2.45, 2.75) is 140 Å². The summed E-state index contributed by atoms with van der Waals surface area (Å²) in [5.41, 5.74) is 2.21. The van der Waals surface area contributed by atoms with Crippen LogP contribution in [0, 0.1) is 29.0 Å². The number of allylic oxidation sites excluding steroid dienone is 1. The predicted octanol–water partition coefficient (Wildman–Crippen LogP) is 11.9. The molecule has 1 aromatic carbocycles. The van der Waals surface area contributed by atoms with Gasteiger partial charge >= 0.3 is 0 Å². The van der Waals surface area contributed by atoms with Gasteiger partial charge in [-0.2, -0.15) is 0 Å². The molecule has 1 aliphatic rings. The molecule has 50 heavy (non-hydrogen) atoms. The number of hydrogen-bond donors (Lipinski definition) is 2. The molecule has 0 aliphatic heterocycles. The molecule has 1 saturated carbocycles. The summed E-state index contributed by atoms with van der Waals surface area (Å²) >= 11 is 5.80. The van der Waals surface area contributed by atoms with Gasteiger partial charge in [0.15, 0.2) is 0 Å². The molecule has 286 valence electrons. The highest BCUT2D eigenvalue weighted by atomic mass is 35.5. The van der Waals surface area contributed by atoms with E-state index >= 15 is 0 Å². The highest BCUT2D eigenvalue weighted by Gasteiger charge is 2.23. The third-order valence-electron chi connectivity index (χ3n) is 8.22. The number of aliphatic hydroxyl groups excluding tert-OH is 1. The van der Waals surface area contributed by atoms with Crippen LogP contribution in [0.15, 0.2) is 30.3 Å². The molecule has 1 aliphatic carbocycles. The van der Waals surface area contributed by atoms with E-state index in [-0.39, 0.29) is 39.4 Å². The summed E-state index contributed by atoms with van der Waals surface area (Å²) in [6, 6.07) is 6.45. The Morgan fingerprint density at radius 1 is 0.900 bits per heavy atom. The molecule has 1 fully saturated rings. The average Bonchev–Trinajstić information content (AvgIpc) is 3.13. The van der Waals surface area contributed by atoms with Crippen LogP contribution in [0.3, 0.4) is 0 Å². The molecule has 3 rings (SSSR count). The van der Waals surface area contributed by atoms with Crippen LogP contribution in [-0.2, 0) is 19.8 Å². The van der Waals surface area contributed by atoms with E-state index < -0.39 is 5.82 Å². The molecular weight excluding hydrogens is 653 g/mol. The van der Waals surface area contributed by atoms with Gasteiger partial charge in [0.1, 0.15) is 36.1 Å². The number of aliphatic hydroxyl groups is 1. The number of nitrogens with zero attached hydrogens (tertiary/aromatic N) is 1. The van der Waals surface area contributed by atoms with Gasteiger partial charge in [0.2, 0.25) is 0 Å². The lowest BCUT2D eigenvalue weighted by Gasteiger charge is -2.23. The van der Waals surface area contributed by atoms with Crippen LogP contribution in [0.2, 0.25) is 5.02 Å². The fraction of sp³-hybridized carbons (Fsp3) is 0.619. The summed E-state index contributed by atoms with van der Waals surface area (Å²) in [4.78, 5) is 34.8. The van der Waals surface area contributed by atoms with Gasteiger partial charge < -0.3 is 24.6 Å². The van der Waals surface area contributed by atoms with Gasteiger partial charge in [-0.25, -0.2) is 9.37 Å². The lowest BCUT2D eigenvalue weighted by molar-refractivity contribution is -0.115.